The highest BCUT2D eigenvalue weighted by Gasteiger charge is 2.03. The topological polar surface area (TPSA) is 46.2 Å². The maximum Gasteiger partial charge on any atom is 0.221 e. The first kappa shape index (κ1) is 10.8. The summed E-state index contributed by atoms with van der Waals surface area (Å²) in [6.45, 7) is 1.44. The number of hydrogen-bond acceptors (Lipinski definition) is 3. The van der Waals surface area contributed by atoms with Crippen molar-refractivity contribution in [2.45, 2.75) is 11.8 Å². The number of carbonyl (C=O) groups is 2. The van der Waals surface area contributed by atoms with Crippen LogP contribution < -0.4 is 5.32 Å². The third kappa shape index (κ3) is 2.60. The summed E-state index contributed by atoms with van der Waals surface area (Å²) in [5.74, 6) is -0.136. The molecule has 1 amide bonds. The van der Waals surface area contributed by atoms with Gasteiger partial charge < -0.3 is 5.32 Å². The Kier molecular flexibility index (Phi) is 3.71. The van der Waals surface area contributed by atoms with E-state index in [1.807, 2.05) is 12.3 Å². The van der Waals surface area contributed by atoms with Gasteiger partial charge in [-0.2, -0.15) is 0 Å². The van der Waals surface area contributed by atoms with Crippen molar-refractivity contribution in [2.75, 3.05) is 11.6 Å². The normalized spacial score (nSPS) is 9.57. The van der Waals surface area contributed by atoms with E-state index >= 15 is 0 Å². The summed E-state index contributed by atoms with van der Waals surface area (Å²) in [5.41, 5.74) is 1.25. The Hall–Kier alpha value is -1.29. The van der Waals surface area contributed by atoms with Gasteiger partial charge in [-0.05, 0) is 18.4 Å². The fraction of sp³-hybridized carbons (Fsp3) is 0.200. The van der Waals surface area contributed by atoms with Gasteiger partial charge in [-0.25, -0.2) is 0 Å². The van der Waals surface area contributed by atoms with Crippen LogP contribution in [0.1, 0.15) is 17.3 Å². The van der Waals surface area contributed by atoms with Gasteiger partial charge in [0.25, 0.3) is 0 Å². The standard InChI is InChI=1S/C10H11NO2S/c1-7(13)11-9-5-8(6-12)3-4-10(9)14-2/h3-6H,1-2H3,(H,11,13). The summed E-state index contributed by atoms with van der Waals surface area (Å²) < 4.78 is 0. The van der Waals surface area contributed by atoms with Crippen LogP contribution in [0.15, 0.2) is 23.1 Å². The number of hydrogen-bond donors (Lipinski definition) is 1. The second kappa shape index (κ2) is 4.81. The Morgan fingerprint density at radius 3 is 2.71 bits per heavy atom. The predicted molar refractivity (Wildman–Crippen MR) is 57.9 cm³/mol. The average Bonchev–Trinajstić information content (AvgIpc) is 2.16. The number of carbonyl (C=O) groups excluding carboxylic acids is 2. The third-order valence-electron chi connectivity index (χ3n) is 1.67. The zero-order chi connectivity index (χ0) is 10.6. The number of nitrogens with one attached hydrogen (secondary N) is 1. The first-order valence-corrected chi connectivity index (χ1v) is 5.30. The van der Waals surface area contributed by atoms with E-state index in [0.29, 0.717) is 11.3 Å². The second-order valence-corrected chi connectivity index (χ2v) is 3.61. The first-order chi connectivity index (χ1) is 6.67. The minimum atomic E-state index is -0.136. The molecule has 0 atom stereocenters. The highest BCUT2D eigenvalue weighted by Crippen LogP contribution is 2.25. The van der Waals surface area contributed by atoms with Crippen molar-refractivity contribution >= 4 is 29.6 Å². The lowest BCUT2D eigenvalue weighted by Crippen LogP contribution is -2.07. The Morgan fingerprint density at radius 2 is 2.21 bits per heavy atom. The third-order valence-corrected chi connectivity index (χ3v) is 2.47. The molecule has 1 aromatic rings. The summed E-state index contributed by atoms with van der Waals surface area (Å²) in [6.07, 6.45) is 2.68. The van der Waals surface area contributed by atoms with Crippen molar-refractivity contribution in [1.82, 2.24) is 0 Å². The lowest BCUT2D eigenvalue weighted by atomic mass is 10.2. The van der Waals surface area contributed by atoms with Crippen LogP contribution in [0.5, 0.6) is 0 Å². The number of anilines is 1. The fourth-order valence-corrected chi connectivity index (χ4v) is 1.62. The van der Waals surface area contributed by atoms with Gasteiger partial charge in [0.2, 0.25) is 5.91 Å². The van der Waals surface area contributed by atoms with E-state index in [2.05, 4.69) is 5.32 Å². The molecule has 74 valence electrons. The minimum absolute atomic E-state index is 0.136. The van der Waals surface area contributed by atoms with Gasteiger partial charge in [0, 0.05) is 17.4 Å². The highest BCUT2D eigenvalue weighted by molar-refractivity contribution is 7.98. The van der Waals surface area contributed by atoms with Gasteiger partial charge in [-0.1, -0.05) is 6.07 Å². The average molecular weight is 209 g/mol. The van der Waals surface area contributed by atoms with Gasteiger partial charge in [-0.15, -0.1) is 11.8 Å². The molecule has 0 saturated carbocycles. The van der Waals surface area contributed by atoms with Crippen molar-refractivity contribution in [3.63, 3.8) is 0 Å². The maximum atomic E-state index is 10.9. The van der Waals surface area contributed by atoms with E-state index in [9.17, 15) is 9.59 Å². The second-order valence-electron chi connectivity index (χ2n) is 2.76. The molecule has 0 unspecified atom stereocenters. The number of aldehydes is 1. The van der Waals surface area contributed by atoms with Gasteiger partial charge in [0.15, 0.2) is 0 Å². The number of benzene rings is 1. The van der Waals surface area contributed by atoms with Crippen LogP contribution in [0.25, 0.3) is 0 Å². The summed E-state index contributed by atoms with van der Waals surface area (Å²) in [7, 11) is 0. The zero-order valence-electron chi connectivity index (χ0n) is 8.03. The molecule has 0 heterocycles. The van der Waals surface area contributed by atoms with Crippen molar-refractivity contribution in [2.24, 2.45) is 0 Å². The van der Waals surface area contributed by atoms with E-state index in [4.69, 9.17) is 0 Å². The monoisotopic (exact) mass is 209 g/mol. The predicted octanol–water partition coefficient (Wildman–Crippen LogP) is 2.18. The molecule has 1 N–H and O–H groups in total. The molecule has 1 rings (SSSR count). The minimum Gasteiger partial charge on any atom is -0.325 e. The first-order valence-electron chi connectivity index (χ1n) is 4.08. The molecule has 14 heavy (non-hydrogen) atoms. The van der Waals surface area contributed by atoms with E-state index < -0.39 is 0 Å². The van der Waals surface area contributed by atoms with Gasteiger partial charge in [0.1, 0.15) is 6.29 Å². The van der Waals surface area contributed by atoms with Gasteiger partial charge >= 0.3 is 0 Å². The van der Waals surface area contributed by atoms with E-state index in [1.54, 1.807) is 12.1 Å². The zero-order valence-corrected chi connectivity index (χ0v) is 8.85. The Labute approximate surface area is 86.9 Å². The molecule has 0 aromatic heterocycles. The van der Waals surface area contributed by atoms with Crippen molar-refractivity contribution in [3.05, 3.63) is 23.8 Å². The van der Waals surface area contributed by atoms with Crippen LogP contribution in [0.2, 0.25) is 0 Å². The summed E-state index contributed by atoms with van der Waals surface area (Å²) in [4.78, 5) is 22.3. The molecular formula is C10H11NO2S. The van der Waals surface area contributed by atoms with Crippen LogP contribution in [0.4, 0.5) is 5.69 Å². The molecule has 0 aliphatic rings. The molecule has 0 aliphatic heterocycles. The van der Waals surface area contributed by atoms with Crippen LogP contribution in [-0.4, -0.2) is 18.4 Å². The SMILES string of the molecule is CSc1ccc(C=O)cc1NC(C)=O. The van der Waals surface area contributed by atoms with Gasteiger partial charge in [-0.3, -0.25) is 9.59 Å². The largest absolute Gasteiger partial charge is 0.325 e. The lowest BCUT2D eigenvalue weighted by molar-refractivity contribution is -0.114. The smallest absolute Gasteiger partial charge is 0.221 e. The number of amides is 1. The van der Waals surface area contributed by atoms with Crippen LogP contribution in [-0.2, 0) is 4.79 Å². The summed E-state index contributed by atoms with van der Waals surface area (Å²) >= 11 is 1.53. The Balaban J connectivity index is 3.07. The molecule has 1 aromatic carbocycles. The van der Waals surface area contributed by atoms with Gasteiger partial charge in [0.05, 0.1) is 5.69 Å². The molecule has 0 saturated heterocycles. The molecule has 4 heteroatoms. The molecule has 0 fully saturated rings. The van der Waals surface area contributed by atoms with E-state index in [0.717, 1.165) is 11.2 Å². The Morgan fingerprint density at radius 1 is 1.50 bits per heavy atom. The molecule has 0 bridgehead atoms. The highest BCUT2D eigenvalue weighted by atomic mass is 32.2. The summed E-state index contributed by atoms with van der Waals surface area (Å²) in [5, 5.41) is 2.68. The Bertz CT molecular complexity index is 363. The van der Waals surface area contributed by atoms with Crippen LogP contribution in [0.3, 0.4) is 0 Å². The van der Waals surface area contributed by atoms with E-state index in [1.165, 1.54) is 18.7 Å². The molecule has 0 aliphatic carbocycles. The number of thioether (sulfide) groups is 1. The summed E-state index contributed by atoms with van der Waals surface area (Å²) in [6, 6.07) is 5.21. The van der Waals surface area contributed by atoms with Crippen molar-refractivity contribution < 1.29 is 9.59 Å². The molecule has 0 radical (unpaired) electrons. The van der Waals surface area contributed by atoms with Crippen molar-refractivity contribution in [1.29, 1.82) is 0 Å². The van der Waals surface area contributed by atoms with Crippen molar-refractivity contribution in [3.8, 4) is 0 Å². The van der Waals surface area contributed by atoms with E-state index in [-0.39, 0.29) is 5.91 Å². The molecule has 3 nitrogen and oxygen atoms in total. The lowest BCUT2D eigenvalue weighted by Gasteiger charge is -2.07. The fourth-order valence-electron chi connectivity index (χ4n) is 1.09. The quantitative estimate of drug-likeness (QED) is 0.613. The van der Waals surface area contributed by atoms with Crippen LogP contribution in [0, 0.1) is 0 Å². The maximum absolute atomic E-state index is 10.9. The number of rotatable bonds is 3. The molecule has 0 spiro atoms. The van der Waals surface area contributed by atoms with Crippen LogP contribution >= 0.6 is 11.8 Å². The molecular weight excluding hydrogens is 198 g/mol.